The third-order valence-electron chi connectivity index (χ3n) is 3.19. The van der Waals surface area contributed by atoms with E-state index in [9.17, 15) is 0 Å². The lowest BCUT2D eigenvalue weighted by molar-refractivity contribution is 0.0905. The molecule has 0 aliphatic carbocycles. The summed E-state index contributed by atoms with van der Waals surface area (Å²) in [5, 5.41) is 0. The second-order valence-corrected chi connectivity index (χ2v) is 4.17. The van der Waals surface area contributed by atoms with Crippen molar-refractivity contribution in [3.8, 4) is 5.75 Å². The van der Waals surface area contributed by atoms with Crippen molar-refractivity contribution >= 4 is 0 Å². The molecule has 0 spiro atoms. The second-order valence-electron chi connectivity index (χ2n) is 4.17. The summed E-state index contributed by atoms with van der Waals surface area (Å²) in [5.74, 6) is 1.17. The molecule has 1 heterocycles. The summed E-state index contributed by atoms with van der Waals surface area (Å²) >= 11 is 0. The summed E-state index contributed by atoms with van der Waals surface area (Å²) in [7, 11) is 1.68. The van der Waals surface area contributed by atoms with Crippen LogP contribution in [-0.4, -0.2) is 26.4 Å². The van der Waals surface area contributed by atoms with Gasteiger partial charge in [0.2, 0.25) is 0 Å². The average molecular weight is 221 g/mol. The Labute approximate surface area is 96.5 Å². The Morgan fingerprint density at radius 1 is 1.56 bits per heavy atom. The minimum absolute atomic E-state index is 0.275. The fourth-order valence-electron chi connectivity index (χ4n) is 2.29. The van der Waals surface area contributed by atoms with E-state index in [-0.39, 0.29) is 12.0 Å². The first-order valence-electron chi connectivity index (χ1n) is 5.80. The standard InChI is InChI=1S/C13H19NO2/c1-15-11-5-2-4-10(8-11)12(9-14)13-6-3-7-16-13/h2,4-5,8,12-13H,3,6-7,9,14H2,1H3. The maximum Gasteiger partial charge on any atom is 0.119 e. The molecule has 0 aromatic heterocycles. The molecule has 1 aromatic rings. The van der Waals surface area contributed by atoms with Crippen molar-refractivity contribution in [2.45, 2.75) is 24.9 Å². The Kier molecular flexibility index (Phi) is 3.80. The highest BCUT2D eigenvalue weighted by molar-refractivity contribution is 5.31. The molecule has 1 aromatic carbocycles. The summed E-state index contributed by atoms with van der Waals surface area (Å²) in [6, 6.07) is 8.11. The second kappa shape index (κ2) is 5.32. The average Bonchev–Trinajstić information content (AvgIpc) is 2.84. The first-order chi connectivity index (χ1) is 7.85. The van der Waals surface area contributed by atoms with Crippen LogP contribution >= 0.6 is 0 Å². The third-order valence-corrected chi connectivity index (χ3v) is 3.19. The van der Waals surface area contributed by atoms with Crippen LogP contribution in [0.25, 0.3) is 0 Å². The van der Waals surface area contributed by atoms with Crippen LogP contribution in [0.2, 0.25) is 0 Å². The molecule has 0 bridgehead atoms. The third kappa shape index (κ3) is 2.36. The van der Waals surface area contributed by atoms with Crippen LogP contribution in [0.15, 0.2) is 24.3 Å². The van der Waals surface area contributed by atoms with E-state index in [4.69, 9.17) is 15.2 Å². The lowest BCUT2D eigenvalue weighted by Gasteiger charge is -2.22. The Morgan fingerprint density at radius 3 is 3.06 bits per heavy atom. The number of hydrogen-bond acceptors (Lipinski definition) is 3. The molecule has 0 saturated carbocycles. The number of nitrogens with two attached hydrogens (primary N) is 1. The lowest BCUT2D eigenvalue weighted by atomic mass is 9.92. The molecule has 1 fully saturated rings. The first-order valence-corrected chi connectivity index (χ1v) is 5.80. The van der Waals surface area contributed by atoms with Gasteiger partial charge in [-0.25, -0.2) is 0 Å². The van der Waals surface area contributed by atoms with Crippen molar-refractivity contribution in [3.63, 3.8) is 0 Å². The number of methoxy groups -OCH3 is 1. The minimum Gasteiger partial charge on any atom is -0.497 e. The molecule has 2 atom stereocenters. The zero-order valence-electron chi connectivity index (χ0n) is 9.69. The molecular formula is C13H19NO2. The van der Waals surface area contributed by atoms with Crippen LogP contribution in [0.3, 0.4) is 0 Å². The Hall–Kier alpha value is -1.06. The molecule has 1 aliphatic heterocycles. The summed E-state index contributed by atoms with van der Waals surface area (Å²) in [6.07, 6.45) is 2.53. The number of benzene rings is 1. The zero-order valence-corrected chi connectivity index (χ0v) is 9.69. The van der Waals surface area contributed by atoms with Crippen molar-refractivity contribution in [2.24, 2.45) is 5.73 Å². The van der Waals surface area contributed by atoms with Crippen LogP contribution < -0.4 is 10.5 Å². The van der Waals surface area contributed by atoms with E-state index < -0.39 is 0 Å². The summed E-state index contributed by atoms with van der Waals surface area (Å²) in [4.78, 5) is 0. The molecule has 2 unspecified atom stereocenters. The van der Waals surface area contributed by atoms with Gasteiger partial charge in [0.25, 0.3) is 0 Å². The molecule has 0 amide bonds. The normalized spacial score (nSPS) is 22.0. The van der Waals surface area contributed by atoms with Gasteiger partial charge in [-0.05, 0) is 30.5 Å². The zero-order chi connectivity index (χ0) is 11.4. The maximum absolute atomic E-state index is 5.86. The van der Waals surface area contributed by atoms with Gasteiger partial charge in [0.05, 0.1) is 13.2 Å². The lowest BCUT2D eigenvalue weighted by Crippen LogP contribution is -2.25. The van der Waals surface area contributed by atoms with Crippen LogP contribution in [0.4, 0.5) is 0 Å². The summed E-state index contributed by atoms with van der Waals surface area (Å²) in [5.41, 5.74) is 7.07. The van der Waals surface area contributed by atoms with E-state index in [1.54, 1.807) is 7.11 Å². The van der Waals surface area contributed by atoms with E-state index in [1.807, 2.05) is 12.1 Å². The molecule has 2 N–H and O–H groups in total. The van der Waals surface area contributed by atoms with Gasteiger partial charge in [-0.2, -0.15) is 0 Å². The molecule has 2 rings (SSSR count). The highest BCUT2D eigenvalue weighted by atomic mass is 16.5. The SMILES string of the molecule is COc1cccc(C(CN)C2CCCO2)c1. The topological polar surface area (TPSA) is 44.5 Å². The van der Waals surface area contributed by atoms with E-state index in [2.05, 4.69) is 12.1 Å². The van der Waals surface area contributed by atoms with Crippen LogP contribution in [0.5, 0.6) is 5.75 Å². The van der Waals surface area contributed by atoms with Crippen LogP contribution in [0.1, 0.15) is 24.3 Å². The van der Waals surface area contributed by atoms with Crippen molar-refractivity contribution in [1.29, 1.82) is 0 Å². The van der Waals surface area contributed by atoms with E-state index >= 15 is 0 Å². The molecule has 3 heteroatoms. The summed E-state index contributed by atoms with van der Waals surface area (Å²) < 4.78 is 10.9. The Morgan fingerprint density at radius 2 is 2.44 bits per heavy atom. The number of rotatable bonds is 4. The van der Waals surface area contributed by atoms with Crippen molar-refractivity contribution in [1.82, 2.24) is 0 Å². The van der Waals surface area contributed by atoms with Crippen molar-refractivity contribution < 1.29 is 9.47 Å². The van der Waals surface area contributed by atoms with E-state index in [0.717, 1.165) is 25.2 Å². The fourth-order valence-corrected chi connectivity index (χ4v) is 2.29. The monoisotopic (exact) mass is 221 g/mol. The van der Waals surface area contributed by atoms with Gasteiger partial charge in [-0.1, -0.05) is 12.1 Å². The molecule has 1 saturated heterocycles. The maximum atomic E-state index is 5.86. The van der Waals surface area contributed by atoms with Gasteiger partial charge in [-0.15, -0.1) is 0 Å². The smallest absolute Gasteiger partial charge is 0.119 e. The van der Waals surface area contributed by atoms with E-state index in [1.165, 1.54) is 5.56 Å². The highest BCUT2D eigenvalue weighted by Crippen LogP contribution is 2.29. The van der Waals surface area contributed by atoms with Crippen LogP contribution in [0, 0.1) is 0 Å². The fraction of sp³-hybridized carbons (Fsp3) is 0.538. The number of ether oxygens (including phenoxy) is 2. The number of hydrogen-bond donors (Lipinski definition) is 1. The van der Waals surface area contributed by atoms with Gasteiger partial charge in [0.1, 0.15) is 5.75 Å². The van der Waals surface area contributed by atoms with Gasteiger partial charge in [0, 0.05) is 19.1 Å². The largest absolute Gasteiger partial charge is 0.497 e. The molecular weight excluding hydrogens is 202 g/mol. The minimum atomic E-state index is 0.275. The molecule has 0 radical (unpaired) electrons. The van der Waals surface area contributed by atoms with Gasteiger partial charge in [0.15, 0.2) is 0 Å². The van der Waals surface area contributed by atoms with Gasteiger partial charge < -0.3 is 15.2 Å². The predicted molar refractivity (Wildman–Crippen MR) is 63.8 cm³/mol. The molecule has 3 nitrogen and oxygen atoms in total. The molecule has 1 aliphatic rings. The van der Waals surface area contributed by atoms with Gasteiger partial charge in [-0.3, -0.25) is 0 Å². The molecule has 16 heavy (non-hydrogen) atoms. The highest BCUT2D eigenvalue weighted by Gasteiger charge is 2.26. The van der Waals surface area contributed by atoms with Crippen LogP contribution in [-0.2, 0) is 4.74 Å². The molecule has 88 valence electrons. The predicted octanol–water partition coefficient (Wildman–Crippen LogP) is 1.92. The Balaban J connectivity index is 2.18. The van der Waals surface area contributed by atoms with E-state index in [0.29, 0.717) is 6.54 Å². The van der Waals surface area contributed by atoms with Crippen molar-refractivity contribution in [2.75, 3.05) is 20.3 Å². The summed E-state index contributed by atoms with van der Waals surface area (Å²) in [6.45, 7) is 1.49. The van der Waals surface area contributed by atoms with Gasteiger partial charge >= 0.3 is 0 Å². The van der Waals surface area contributed by atoms with Crippen molar-refractivity contribution in [3.05, 3.63) is 29.8 Å². The quantitative estimate of drug-likeness (QED) is 0.844. The first kappa shape index (κ1) is 11.4. The Bertz CT molecular complexity index is 334.